The number of nitrogens with two attached hydrogens (primary N) is 1. The Kier molecular flexibility index (Phi) is 5.15. The summed E-state index contributed by atoms with van der Waals surface area (Å²) in [5.74, 6) is -1.39. The summed E-state index contributed by atoms with van der Waals surface area (Å²) in [6.45, 7) is 3.77. The summed E-state index contributed by atoms with van der Waals surface area (Å²) in [6, 6.07) is 1.68. The van der Waals surface area contributed by atoms with Crippen molar-refractivity contribution in [2.45, 2.75) is 39.2 Å². The highest BCUT2D eigenvalue weighted by molar-refractivity contribution is 7.14. The van der Waals surface area contributed by atoms with Gasteiger partial charge in [-0.25, -0.2) is 4.79 Å². The second-order valence-corrected chi connectivity index (χ2v) is 5.02. The number of hydrogen-bond acceptors (Lipinski definition) is 4. The molecule has 1 heterocycles. The zero-order valence-corrected chi connectivity index (χ0v) is 11.3. The molecule has 0 aliphatic heterocycles. The van der Waals surface area contributed by atoms with Crippen molar-refractivity contribution in [3.8, 4) is 5.75 Å². The maximum absolute atomic E-state index is 11.1. The number of carboxylic acids is 1. The van der Waals surface area contributed by atoms with Crippen LogP contribution in [0.15, 0.2) is 6.07 Å². The van der Waals surface area contributed by atoms with E-state index in [0.29, 0.717) is 6.42 Å². The normalized spacial score (nSPS) is 12.1. The number of aromatic carboxylic acids is 1. The van der Waals surface area contributed by atoms with Crippen LogP contribution in [-0.4, -0.2) is 23.1 Å². The maximum atomic E-state index is 11.1. The van der Waals surface area contributed by atoms with Crippen LogP contribution in [0, 0.1) is 0 Å². The highest BCUT2D eigenvalue weighted by Crippen LogP contribution is 2.31. The number of hydrogen-bond donors (Lipinski definition) is 2. The molecule has 1 rings (SSSR count). The monoisotopic (exact) mass is 271 g/mol. The lowest BCUT2D eigenvalue weighted by atomic mass is 10.2. The molecule has 0 aromatic carbocycles. The molecule has 0 aliphatic rings. The molecule has 1 amide bonds. The van der Waals surface area contributed by atoms with Gasteiger partial charge >= 0.3 is 5.97 Å². The van der Waals surface area contributed by atoms with Crippen LogP contribution in [0.4, 0.5) is 0 Å². The Morgan fingerprint density at radius 2 is 2.17 bits per heavy atom. The Hall–Kier alpha value is -1.56. The van der Waals surface area contributed by atoms with E-state index in [1.807, 2.05) is 6.92 Å². The lowest BCUT2D eigenvalue weighted by molar-refractivity contribution is -0.124. The van der Waals surface area contributed by atoms with Crippen LogP contribution < -0.4 is 10.5 Å². The first-order valence-electron chi connectivity index (χ1n) is 5.81. The SMILES string of the molecule is CCCc1cc(OC(CC)C(N)=O)c(C(=O)O)s1. The van der Waals surface area contributed by atoms with E-state index < -0.39 is 18.0 Å². The smallest absolute Gasteiger partial charge is 0.349 e. The third kappa shape index (κ3) is 3.46. The number of thiophene rings is 1. The highest BCUT2D eigenvalue weighted by Gasteiger charge is 2.22. The van der Waals surface area contributed by atoms with E-state index in [1.54, 1.807) is 13.0 Å². The number of carbonyl (C=O) groups excluding carboxylic acids is 1. The largest absolute Gasteiger partial charge is 0.479 e. The Morgan fingerprint density at radius 3 is 2.61 bits per heavy atom. The zero-order valence-electron chi connectivity index (χ0n) is 10.4. The average molecular weight is 271 g/mol. The van der Waals surface area contributed by atoms with Crippen molar-refractivity contribution in [3.05, 3.63) is 15.8 Å². The fraction of sp³-hybridized carbons (Fsp3) is 0.500. The first kappa shape index (κ1) is 14.5. The third-order valence-corrected chi connectivity index (χ3v) is 3.56. The summed E-state index contributed by atoms with van der Waals surface area (Å²) < 4.78 is 5.40. The lowest BCUT2D eigenvalue weighted by Crippen LogP contribution is -2.33. The van der Waals surface area contributed by atoms with Gasteiger partial charge in [0.15, 0.2) is 11.0 Å². The minimum atomic E-state index is -1.04. The van der Waals surface area contributed by atoms with E-state index in [2.05, 4.69) is 0 Å². The van der Waals surface area contributed by atoms with Gasteiger partial charge in [0.05, 0.1) is 0 Å². The highest BCUT2D eigenvalue weighted by atomic mass is 32.1. The summed E-state index contributed by atoms with van der Waals surface area (Å²) in [7, 11) is 0. The van der Waals surface area contributed by atoms with Crippen LogP contribution in [-0.2, 0) is 11.2 Å². The molecule has 0 spiro atoms. The number of ether oxygens (including phenoxy) is 1. The van der Waals surface area contributed by atoms with Crippen LogP contribution in [0.1, 0.15) is 41.2 Å². The molecule has 6 heteroatoms. The van der Waals surface area contributed by atoms with Gasteiger partial charge in [-0.05, 0) is 18.9 Å². The molecule has 0 radical (unpaired) electrons. The fourth-order valence-corrected chi connectivity index (χ4v) is 2.55. The van der Waals surface area contributed by atoms with Crippen LogP contribution in [0.5, 0.6) is 5.75 Å². The van der Waals surface area contributed by atoms with E-state index in [1.165, 1.54) is 11.3 Å². The molecule has 1 unspecified atom stereocenters. The van der Waals surface area contributed by atoms with Crippen molar-refractivity contribution in [1.82, 2.24) is 0 Å². The van der Waals surface area contributed by atoms with Crippen molar-refractivity contribution >= 4 is 23.2 Å². The van der Waals surface area contributed by atoms with Crippen molar-refractivity contribution in [2.24, 2.45) is 5.73 Å². The van der Waals surface area contributed by atoms with Crippen LogP contribution in [0.25, 0.3) is 0 Å². The molecule has 0 fully saturated rings. The Labute approximate surface area is 110 Å². The van der Waals surface area contributed by atoms with Crippen molar-refractivity contribution < 1.29 is 19.4 Å². The Balaban J connectivity index is 2.98. The molecule has 0 bridgehead atoms. The minimum absolute atomic E-state index is 0.123. The van der Waals surface area contributed by atoms with E-state index >= 15 is 0 Å². The molecule has 0 aliphatic carbocycles. The van der Waals surface area contributed by atoms with Gasteiger partial charge in [-0.1, -0.05) is 20.3 Å². The van der Waals surface area contributed by atoms with Crippen LogP contribution in [0.3, 0.4) is 0 Å². The average Bonchev–Trinajstić information content (AvgIpc) is 2.69. The maximum Gasteiger partial charge on any atom is 0.349 e. The van der Waals surface area contributed by atoms with Crippen molar-refractivity contribution in [2.75, 3.05) is 0 Å². The summed E-state index contributed by atoms with van der Waals surface area (Å²) in [6.07, 6.45) is 1.34. The van der Waals surface area contributed by atoms with Gasteiger partial charge in [-0.3, -0.25) is 4.79 Å². The molecular weight excluding hydrogens is 254 g/mol. The molecule has 18 heavy (non-hydrogen) atoms. The molecular formula is C12H17NO4S. The number of amides is 1. The lowest BCUT2D eigenvalue weighted by Gasteiger charge is -2.13. The topological polar surface area (TPSA) is 89.6 Å². The van der Waals surface area contributed by atoms with E-state index in [0.717, 1.165) is 17.7 Å². The van der Waals surface area contributed by atoms with Gasteiger partial charge in [0.25, 0.3) is 5.91 Å². The molecule has 0 saturated carbocycles. The summed E-state index contributed by atoms with van der Waals surface area (Å²) in [5, 5.41) is 9.09. The second kappa shape index (κ2) is 6.39. The van der Waals surface area contributed by atoms with Crippen LogP contribution >= 0.6 is 11.3 Å². The molecule has 1 aromatic heterocycles. The second-order valence-electron chi connectivity index (χ2n) is 3.88. The first-order valence-corrected chi connectivity index (χ1v) is 6.63. The Morgan fingerprint density at radius 1 is 1.50 bits per heavy atom. The van der Waals surface area contributed by atoms with Crippen molar-refractivity contribution in [1.29, 1.82) is 0 Å². The van der Waals surface area contributed by atoms with Gasteiger partial charge in [-0.2, -0.15) is 0 Å². The summed E-state index contributed by atoms with van der Waals surface area (Å²) >= 11 is 1.18. The zero-order chi connectivity index (χ0) is 13.7. The standard InChI is InChI=1S/C12H17NO4S/c1-3-5-7-6-9(10(18-7)12(15)16)17-8(4-2)11(13)14/h6,8H,3-5H2,1-2H3,(H2,13,14)(H,15,16). The molecule has 0 saturated heterocycles. The summed E-state index contributed by atoms with van der Waals surface area (Å²) in [5.41, 5.74) is 5.18. The predicted molar refractivity (Wildman–Crippen MR) is 69.2 cm³/mol. The van der Waals surface area contributed by atoms with Crippen LogP contribution in [0.2, 0.25) is 0 Å². The van der Waals surface area contributed by atoms with Crippen molar-refractivity contribution in [3.63, 3.8) is 0 Å². The van der Waals surface area contributed by atoms with Gasteiger partial charge < -0.3 is 15.6 Å². The van der Waals surface area contributed by atoms with Gasteiger partial charge in [0, 0.05) is 4.88 Å². The molecule has 100 valence electrons. The molecule has 1 aromatic rings. The number of primary amides is 1. The predicted octanol–water partition coefficient (Wildman–Crippen LogP) is 2.04. The molecule has 3 N–H and O–H groups in total. The first-order chi connectivity index (χ1) is 8.49. The molecule has 5 nitrogen and oxygen atoms in total. The van der Waals surface area contributed by atoms with Gasteiger partial charge in [0.2, 0.25) is 0 Å². The number of rotatable bonds is 7. The number of aryl methyl sites for hydroxylation is 1. The summed E-state index contributed by atoms with van der Waals surface area (Å²) in [4.78, 5) is 23.3. The van der Waals surface area contributed by atoms with E-state index in [4.69, 9.17) is 15.6 Å². The van der Waals surface area contributed by atoms with E-state index in [9.17, 15) is 9.59 Å². The Bertz CT molecular complexity index is 441. The fourth-order valence-electron chi connectivity index (χ4n) is 1.52. The number of carbonyl (C=O) groups is 2. The van der Waals surface area contributed by atoms with E-state index in [-0.39, 0.29) is 10.6 Å². The van der Waals surface area contributed by atoms with Gasteiger partial charge in [0.1, 0.15) is 5.75 Å². The quantitative estimate of drug-likeness (QED) is 0.794. The number of carboxylic acid groups (broad SMARTS) is 1. The van der Waals surface area contributed by atoms with Gasteiger partial charge in [-0.15, -0.1) is 11.3 Å². The minimum Gasteiger partial charge on any atom is -0.479 e. The third-order valence-electron chi connectivity index (χ3n) is 2.40. The molecule has 1 atom stereocenters.